The predicted molar refractivity (Wildman–Crippen MR) is 126 cm³/mol. The molecule has 0 fully saturated rings. The fourth-order valence-electron chi connectivity index (χ4n) is 3.97. The Kier molecular flexibility index (Phi) is 6.37. The number of methoxy groups -OCH3 is 1. The van der Waals surface area contributed by atoms with Crippen LogP contribution in [-0.2, 0) is 23.0 Å². The third-order valence-corrected chi connectivity index (χ3v) is 8.85. The van der Waals surface area contributed by atoms with Gasteiger partial charge < -0.3 is 9.64 Å². The summed E-state index contributed by atoms with van der Waals surface area (Å²) in [6, 6.07) is 15.6. The lowest BCUT2D eigenvalue weighted by Gasteiger charge is -2.28. The van der Waals surface area contributed by atoms with Crippen LogP contribution in [0.5, 0.6) is 5.75 Å². The van der Waals surface area contributed by atoms with Crippen molar-refractivity contribution in [3.8, 4) is 5.75 Å². The van der Waals surface area contributed by atoms with Gasteiger partial charge in [-0.2, -0.15) is 4.31 Å². The van der Waals surface area contributed by atoms with E-state index in [0.717, 1.165) is 11.1 Å². The molecule has 1 aromatic heterocycles. The molecule has 0 N–H and O–H groups in total. The van der Waals surface area contributed by atoms with Crippen molar-refractivity contribution in [3.63, 3.8) is 0 Å². The van der Waals surface area contributed by atoms with Crippen molar-refractivity contribution in [3.05, 3.63) is 81.5 Å². The Morgan fingerprint density at radius 2 is 1.94 bits per heavy atom. The van der Waals surface area contributed by atoms with E-state index >= 15 is 0 Å². The van der Waals surface area contributed by atoms with Crippen molar-refractivity contribution in [1.29, 1.82) is 0 Å². The number of fused-ring (bicyclic) bond motifs is 1. The van der Waals surface area contributed by atoms with Crippen LogP contribution in [0.1, 0.15) is 39.3 Å². The van der Waals surface area contributed by atoms with Crippen molar-refractivity contribution in [2.45, 2.75) is 30.8 Å². The van der Waals surface area contributed by atoms with E-state index < -0.39 is 10.0 Å². The van der Waals surface area contributed by atoms with Gasteiger partial charge in [0.2, 0.25) is 10.0 Å². The molecule has 2 aromatic carbocycles. The maximum Gasteiger partial charge on any atom is 0.254 e. The molecule has 1 aliphatic rings. The molecule has 2 heterocycles. The van der Waals surface area contributed by atoms with Gasteiger partial charge in [0.25, 0.3) is 5.91 Å². The number of amides is 1. The molecule has 0 saturated heterocycles. The second-order valence-electron chi connectivity index (χ2n) is 7.82. The highest BCUT2D eigenvalue weighted by atomic mass is 32.2. The lowest BCUT2D eigenvalue weighted by atomic mass is 10.0. The Morgan fingerprint density at radius 3 is 2.72 bits per heavy atom. The molecule has 1 atom stereocenters. The van der Waals surface area contributed by atoms with E-state index in [2.05, 4.69) is 0 Å². The number of hydrogen-bond donors (Lipinski definition) is 0. The number of nitrogens with zero attached hydrogens (tertiary/aromatic N) is 2. The molecule has 1 unspecified atom stereocenters. The number of carbonyl (C=O) groups excluding carboxylic acids is 1. The van der Waals surface area contributed by atoms with E-state index in [0.29, 0.717) is 30.8 Å². The van der Waals surface area contributed by atoms with Crippen LogP contribution in [0.4, 0.5) is 0 Å². The van der Waals surface area contributed by atoms with Gasteiger partial charge in [-0.05, 0) is 54.6 Å². The molecule has 8 heteroatoms. The van der Waals surface area contributed by atoms with Crippen LogP contribution in [-0.4, -0.2) is 44.2 Å². The molecule has 0 saturated carbocycles. The zero-order valence-electron chi connectivity index (χ0n) is 18.3. The molecule has 0 spiro atoms. The first-order valence-corrected chi connectivity index (χ1v) is 12.7. The second-order valence-corrected chi connectivity index (χ2v) is 10.8. The van der Waals surface area contributed by atoms with Gasteiger partial charge in [-0.25, -0.2) is 8.42 Å². The highest BCUT2D eigenvalue weighted by molar-refractivity contribution is 7.89. The standard InChI is InChI=1S/C24H26N2O4S2/c1-17(21-9-4-5-10-22(21)30-3)25(2)24(27)18-7-6-8-20(15-18)32(28,29)26-13-11-23-19(16-26)12-14-31-23/h4-10,12,14-15,17H,11,13,16H2,1-3H3. The van der Waals surface area contributed by atoms with Crippen molar-refractivity contribution < 1.29 is 17.9 Å². The van der Waals surface area contributed by atoms with Gasteiger partial charge in [0, 0.05) is 36.1 Å². The number of hydrogen-bond acceptors (Lipinski definition) is 5. The third-order valence-electron chi connectivity index (χ3n) is 5.98. The number of rotatable bonds is 6. The molecule has 1 aliphatic heterocycles. The van der Waals surface area contributed by atoms with E-state index in [9.17, 15) is 13.2 Å². The summed E-state index contributed by atoms with van der Waals surface area (Å²) in [7, 11) is -0.390. The molecule has 32 heavy (non-hydrogen) atoms. The minimum Gasteiger partial charge on any atom is -0.496 e. The van der Waals surface area contributed by atoms with E-state index in [1.165, 1.54) is 15.2 Å². The normalized spacial score (nSPS) is 15.1. The van der Waals surface area contributed by atoms with Crippen molar-refractivity contribution in [2.24, 2.45) is 0 Å². The predicted octanol–water partition coefficient (Wildman–Crippen LogP) is 4.34. The summed E-state index contributed by atoms with van der Waals surface area (Å²) in [6.07, 6.45) is 0.712. The van der Waals surface area contributed by atoms with Gasteiger partial charge in [-0.1, -0.05) is 24.3 Å². The lowest BCUT2D eigenvalue weighted by Crippen LogP contribution is -2.35. The molecule has 1 amide bonds. The van der Waals surface area contributed by atoms with Gasteiger partial charge in [0.1, 0.15) is 5.75 Å². The van der Waals surface area contributed by atoms with E-state index in [4.69, 9.17) is 4.74 Å². The largest absolute Gasteiger partial charge is 0.496 e. The summed E-state index contributed by atoms with van der Waals surface area (Å²) in [5.74, 6) is 0.452. The Morgan fingerprint density at radius 1 is 1.16 bits per heavy atom. The zero-order valence-corrected chi connectivity index (χ0v) is 19.9. The second kappa shape index (κ2) is 9.05. The van der Waals surface area contributed by atoms with Crippen molar-refractivity contribution >= 4 is 27.3 Å². The van der Waals surface area contributed by atoms with Crippen molar-refractivity contribution in [1.82, 2.24) is 9.21 Å². The Bertz CT molecular complexity index is 1240. The van der Waals surface area contributed by atoms with Gasteiger partial charge >= 0.3 is 0 Å². The fourth-order valence-corrected chi connectivity index (χ4v) is 6.32. The molecule has 4 rings (SSSR count). The number of para-hydroxylation sites is 1. The summed E-state index contributed by atoms with van der Waals surface area (Å²) in [6.45, 7) is 2.73. The number of carbonyl (C=O) groups is 1. The summed E-state index contributed by atoms with van der Waals surface area (Å²) in [5.41, 5.74) is 2.28. The zero-order chi connectivity index (χ0) is 22.9. The summed E-state index contributed by atoms with van der Waals surface area (Å²) >= 11 is 1.67. The highest BCUT2D eigenvalue weighted by Crippen LogP contribution is 2.31. The molecular formula is C24H26N2O4S2. The summed E-state index contributed by atoms with van der Waals surface area (Å²) < 4.78 is 33.5. The topological polar surface area (TPSA) is 66.9 Å². The minimum absolute atomic E-state index is 0.139. The van der Waals surface area contributed by atoms with Crippen LogP contribution in [0.3, 0.4) is 0 Å². The van der Waals surface area contributed by atoms with E-state index in [1.54, 1.807) is 48.6 Å². The SMILES string of the molecule is COc1ccccc1C(C)N(C)C(=O)c1cccc(S(=O)(=O)N2CCc3sccc3C2)c1. The maximum absolute atomic E-state index is 13.3. The summed E-state index contributed by atoms with van der Waals surface area (Å²) in [5, 5.41) is 2.00. The number of ether oxygens (including phenoxy) is 1. The van der Waals surface area contributed by atoms with E-state index in [1.807, 2.05) is 42.6 Å². The average Bonchev–Trinajstić information content (AvgIpc) is 3.30. The monoisotopic (exact) mass is 470 g/mol. The average molecular weight is 471 g/mol. The lowest BCUT2D eigenvalue weighted by molar-refractivity contribution is 0.0741. The van der Waals surface area contributed by atoms with Crippen LogP contribution >= 0.6 is 11.3 Å². The molecule has 168 valence electrons. The van der Waals surface area contributed by atoms with Gasteiger partial charge in [0.05, 0.1) is 18.0 Å². The van der Waals surface area contributed by atoms with E-state index in [-0.39, 0.29) is 16.8 Å². The molecule has 3 aromatic rings. The highest BCUT2D eigenvalue weighted by Gasteiger charge is 2.30. The third kappa shape index (κ3) is 4.18. The van der Waals surface area contributed by atoms with Gasteiger partial charge in [-0.15, -0.1) is 11.3 Å². The number of sulfonamides is 1. The Hall–Kier alpha value is -2.68. The first-order chi connectivity index (χ1) is 15.3. The maximum atomic E-state index is 13.3. The molecule has 0 aliphatic carbocycles. The first kappa shape index (κ1) is 22.5. The first-order valence-electron chi connectivity index (χ1n) is 10.4. The number of thiophene rings is 1. The van der Waals surface area contributed by atoms with Crippen LogP contribution in [0.25, 0.3) is 0 Å². The van der Waals surface area contributed by atoms with Gasteiger partial charge in [-0.3, -0.25) is 4.79 Å². The van der Waals surface area contributed by atoms with Crippen LogP contribution in [0.15, 0.2) is 64.9 Å². The molecule has 6 nitrogen and oxygen atoms in total. The van der Waals surface area contributed by atoms with Crippen LogP contribution in [0.2, 0.25) is 0 Å². The Labute approximate surface area is 193 Å². The van der Waals surface area contributed by atoms with Gasteiger partial charge in [0.15, 0.2) is 0 Å². The molecule has 0 radical (unpaired) electrons. The van der Waals surface area contributed by atoms with Crippen molar-refractivity contribution in [2.75, 3.05) is 20.7 Å². The minimum atomic E-state index is -3.70. The molecular weight excluding hydrogens is 444 g/mol. The number of benzene rings is 2. The Balaban J connectivity index is 1.58. The van der Waals surface area contributed by atoms with Crippen LogP contribution < -0.4 is 4.74 Å². The fraction of sp³-hybridized carbons (Fsp3) is 0.292. The summed E-state index contributed by atoms with van der Waals surface area (Å²) in [4.78, 5) is 16.2. The smallest absolute Gasteiger partial charge is 0.254 e. The van der Waals surface area contributed by atoms with Crippen LogP contribution in [0, 0.1) is 0 Å². The quantitative estimate of drug-likeness (QED) is 0.538. The molecule has 0 bridgehead atoms.